The molecule has 5 heteroatoms. The molecule has 4 nitrogen and oxygen atoms in total. The molecule has 1 aromatic carbocycles. The molecule has 0 heterocycles. The van der Waals surface area contributed by atoms with Gasteiger partial charge in [-0.25, -0.2) is 8.42 Å². The van der Waals surface area contributed by atoms with Gasteiger partial charge in [-0.05, 0) is 36.3 Å². The molecule has 0 aromatic heterocycles. The molecular weight excluding hydrogens is 286 g/mol. The van der Waals surface area contributed by atoms with Crippen molar-refractivity contribution >= 4 is 21.5 Å². The normalized spacial score (nSPS) is 30.6. The molecule has 0 saturated heterocycles. The van der Waals surface area contributed by atoms with Crippen LogP contribution in [-0.4, -0.2) is 20.0 Å². The van der Waals surface area contributed by atoms with Crippen molar-refractivity contribution in [3.63, 3.8) is 0 Å². The Morgan fingerprint density at radius 2 is 1.90 bits per heavy atom. The van der Waals surface area contributed by atoms with Crippen molar-refractivity contribution in [3.05, 3.63) is 30.3 Å². The van der Waals surface area contributed by atoms with Gasteiger partial charge < -0.3 is 0 Å². The maximum absolute atomic E-state index is 12.5. The molecule has 0 spiro atoms. The number of sulfonamides is 1. The van der Waals surface area contributed by atoms with Crippen molar-refractivity contribution in [2.24, 2.45) is 16.7 Å². The number of fused-ring (bicyclic) bond motifs is 2. The van der Waals surface area contributed by atoms with E-state index in [-0.39, 0.29) is 17.0 Å². The molecule has 3 rings (SSSR count). The lowest BCUT2D eigenvalue weighted by Crippen LogP contribution is -2.43. The minimum atomic E-state index is -3.54. The van der Waals surface area contributed by atoms with Crippen LogP contribution >= 0.6 is 0 Å². The molecule has 2 atom stereocenters. The Hall–Kier alpha value is -1.36. The van der Waals surface area contributed by atoms with Crippen LogP contribution in [0.5, 0.6) is 0 Å². The summed E-state index contributed by atoms with van der Waals surface area (Å²) in [5.41, 5.74) is -0.389. The van der Waals surface area contributed by atoms with Gasteiger partial charge in [0.2, 0.25) is 10.0 Å². The maximum atomic E-state index is 12.5. The Balaban J connectivity index is 1.87. The molecule has 0 unspecified atom stereocenters. The zero-order valence-electron chi connectivity index (χ0n) is 12.4. The number of benzene rings is 1. The molecule has 1 N–H and O–H groups in total. The largest absolute Gasteiger partial charge is 0.299 e. The van der Waals surface area contributed by atoms with Gasteiger partial charge in [0.05, 0.1) is 11.2 Å². The lowest BCUT2D eigenvalue weighted by Gasteiger charge is -2.36. The molecule has 114 valence electrons. The molecule has 0 aliphatic heterocycles. The van der Waals surface area contributed by atoms with Gasteiger partial charge >= 0.3 is 0 Å². The molecule has 2 saturated carbocycles. The van der Waals surface area contributed by atoms with Gasteiger partial charge in [-0.15, -0.1) is 0 Å². The van der Waals surface area contributed by atoms with E-state index in [9.17, 15) is 13.2 Å². The van der Waals surface area contributed by atoms with Crippen molar-refractivity contribution in [1.29, 1.82) is 0 Å². The quantitative estimate of drug-likeness (QED) is 0.930. The van der Waals surface area contributed by atoms with Gasteiger partial charge in [-0.3, -0.25) is 9.52 Å². The summed E-state index contributed by atoms with van der Waals surface area (Å²) >= 11 is 0. The van der Waals surface area contributed by atoms with E-state index in [0.29, 0.717) is 24.4 Å². The van der Waals surface area contributed by atoms with Crippen molar-refractivity contribution in [1.82, 2.24) is 0 Å². The summed E-state index contributed by atoms with van der Waals surface area (Å²) < 4.78 is 27.6. The Bertz CT molecular complexity index is 666. The summed E-state index contributed by atoms with van der Waals surface area (Å²) in [5.74, 6) is 0.358. The highest BCUT2D eigenvalue weighted by molar-refractivity contribution is 7.92. The van der Waals surface area contributed by atoms with E-state index in [0.717, 1.165) is 6.42 Å². The number of anilines is 1. The third kappa shape index (κ3) is 2.18. The fourth-order valence-corrected chi connectivity index (χ4v) is 6.05. The number of nitrogens with one attached hydrogen (secondary N) is 1. The zero-order chi connectivity index (χ0) is 15.3. The maximum Gasteiger partial charge on any atom is 0.233 e. The van der Waals surface area contributed by atoms with Gasteiger partial charge in [0.15, 0.2) is 0 Å². The minimum Gasteiger partial charge on any atom is -0.299 e. The summed E-state index contributed by atoms with van der Waals surface area (Å²) in [6.45, 7) is 4.10. The monoisotopic (exact) mass is 307 g/mol. The molecule has 2 aliphatic rings. The number of rotatable bonds is 4. The van der Waals surface area contributed by atoms with Crippen LogP contribution in [0, 0.1) is 16.7 Å². The zero-order valence-corrected chi connectivity index (χ0v) is 13.2. The third-order valence-corrected chi connectivity index (χ3v) is 7.04. The second-order valence-electron chi connectivity index (χ2n) is 6.89. The summed E-state index contributed by atoms with van der Waals surface area (Å²) in [4.78, 5) is 12.4. The van der Waals surface area contributed by atoms with Crippen molar-refractivity contribution < 1.29 is 13.2 Å². The highest BCUT2D eigenvalue weighted by Gasteiger charge is 2.65. The van der Waals surface area contributed by atoms with Crippen LogP contribution in [0.3, 0.4) is 0 Å². The van der Waals surface area contributed by atoms with E-state index < -0.39 is 15.4 Å². The second-order valence-corrected chi connectivity index (χ2v) is 8.62. The number of hydrogen-bond donors (Lipinski definition) is 1. The van der Waals surface area contributed by atoms with Crippen LogP contribution in [0.4, 0.5) is 5.69 Å². The molecule has 2 fully saturated rings. The van der Waals surface area contributed by atoms with Crippen molar-refractivity contribution in [2.75, 3.05) is 10.5 Å². The molecule has 0 amide bonds. The van der Waals surface area contributed by atoms with E-state index in [1.165, 1.54) is 0 Å². The number of carbonyl (C=O) groups is 1. The van der Waals surface area contributed by atoms with Gasteiger partial charge in [-0.1, -0.05) is 32.0 Å². The van der Waals surface area contributed by atoms with Crippen LogP contribution in [-0.2, 0) is 14.8 Å². The van der Waals surface area contributed by atoms with E-state index >= 15 is 0 Å². The molecule has 21 heavy (non-hydrogen) atoms. The van der Waals surface area contributed by atoms with E-state index in [4.69, 9.17) is 0 Å². The van der Waals surface area contributed by atoms with E-state index in [1.54, 1.807) is 24.3 Å². The van der Waals surface area contributed by atoms with Gasteiger partial charge in [0.1, 0.15) is 5.78 Å². The lowest BCUT2D eigenvalue weighted by molar-refractivity contribution is -0.128. The summed E-state index contributed by atoms with van der Waals surface area (Å²) in [7, 11) is -3.54. The highest BCUT2D eigenvalue weighted by Crippen LogP contribution is 2.64. The SMILES string of the molecule is CC1(C)[C@@H]2CC[C@]1(CS(=O)(=O)Nc1ccccc1)C(=O)C2. The first kappa shape index (κ1) is 14.6. The van der Waals surface area contributed by atoms with Crippen LogP contribution in [0.15, 0.2) is 30.3 Å². The average Bonchev–Trinajstić information content (AvgIpc) is 2.72. The highest BCUT2D eigenvalue weighted by atomic mass is 32.2. The van der Waals surface area contributed by atoms with E-state index in [2.05, 4.69) is 4.72 Å². The molecule has 2 bridgehead atoms. The summed E-state index contributed by atoms with van der Waals surface area (Å²) in [6.07, 6.45) is 2.19. The summed E-state index contributed by atoms with van der Waals surface area (Å²) in [6, 6.07) is 8.84. The molecular formula is C16H21NO3S. The minimum absolute atomic E-state index is 0.1000. The van der Waals surface area contributed by atoms with Gasteiger partial charge in [-0.2, -0.15) is 0 Å². The van der Waals surface area contributed by atoms with E-state index in [1.807, 2.05) is 19.9 Å². The first-order valence-corrected chi connectivity index (χ1v) is 9.01. The number of carbonyl (C=O) groups excluding carboxylic acids is 1. The molecule has 0 radical (unpaired) electrons. The van der Waals surface area contributed by atoms with Crippen LogP contribution < -0.4 is 4.72 Å². The van der Waals surface area contributed by atoms with Crippen molar-refractivity contribution in [3.8, 4) is 0 Å². The number of para-hydroxylation sites is 1. The first-order valence-electron chi connectivity index (χ1n) is 7.36. The van der Waals surface area contributed by atoms with Crippen molar-refractivity contribution in [2.45, 2.75) is 33.1 Å². The van der Waals surface area contributed by atoms with Gasteiger partial charge in [0.25, 0.3) is 0 Å². The number of ketones is 1. The van der Waals surface area contributed by atoms with Crippen LogP contribution in [0.1, 0.15) is 33.1 Å². The molecule has 1 aromatic rings. The van der Waals surface area contributed by atoms with Crippen LogP contribution in [0.25, 0.3) is 0 Å². The topological polar surface area (TPSA) is 63.2 Å². The third-order valence-electron chi connectivity index (χ3n) is 5.62. The predicted octanol–water partition coefficient (Wildman–Crippen LogP) is 2.82. The summed E-state index contributed by atoms with van der Waals surface area (Å²) in [5, 5.41) is 0. The number of Topliss-reactive ketones (excluding diaryl/α,β-unsaturated/α-hetero) is 1. The average molecular weight is 307 g/mol. The predicted molar refractivity (Wildman–Crippen MR) is 82.4 cm³/mol. The van der Waals surface area contributed by atoms with Gasteiger partial charge in [0, 0.05) is 12.1 Å². The fourth-order valence-electron chi connectivity index (χ4n) is 4.15. The first-order chi connectivity index (χ1) is 9.77. The second kappa shape index (κ2) is 4.57. The fraction of sp³-hybridized carbons (Fsp3) is 0.562. The van der Waals surface area contributed by atoms with Crippen LogP contribution in [0.2, 0.25) is 0 Å². The Morgan fingerprint density at radius 1 is 1.24 bits per heavy atom. The smallest absolute Gasteiger partial charge is 0.233 e. The Labute approximate surface area is 126 Å². The standard InChI is InChI=1S/C16H21NO3S/c1-15(2)12-8-9-16(15,14(18)10-12)11-21(19,20)17-13-6-4-3-5-7-13/h3-7,12,17H,8-11H2,1-2H3/t12-,16+/m1/s1. The Kier molecular flexibility index (Phi) is 3.17. The molecule has 2 aliphatic carbocycles. The Morgan fingerprint density at radius 3 is 2.43 bits per heavy atom. The number of hydrogen-bond acceptors (Lipinski definition) is 3. The lowest BCUT2D eigenvalue weighted by atomic mass is 9.70.